The first kappa shape index (κ1) is 8.15. The average Bonchev–Trinajstić information content (AvgIpc) is 2.33. The lowest BCUT2D eigenvalue weighted by atomic mass is 10.2. The summed E-state index contributed by atoms with van der Waals surface area (Å²) in [6, 6.07) is 0. The summed E-state index contributed by atoms with van der Waals surface area (Å²) in [5.41, 5.74) is 0. The molecule has 58 valence electrons. The second-order valence-electron chi connectivity index (χ2n) is 2.83. The van der Waals surface area contributed by atoms with Gasteiger partial charge in [0.05, 0.1) is 4.87 Å². The van der Waals surface area contributed by atoms with Gasteiger partial charge in [0.15, 0.2) is 0 Å². The number of allylic oxidation sites excluding steroid dienone is 1. The first-order valence-electron chi connectivity index (χ1n) is 3.77. The topological polar surface area (TPSA) is 12.0 Å². The van der Waals surface area contributed by atoms with E-state index in [9.17, 15) is 0 Å². The van der Waals surface area contributed by atoms with Crippen molar-refractivity contribution in [3.05, 3.63) is 12.7 Å². The first-order chi connectivity index (χ1) is 4.77. The van der Waals surface area contributed by atoms with E-state index in [1.165, 1.54) is 12.2 Å². The molecule has 0 spiro atoms. The van der Waals surface area contributed by atoms with Gasteiger partial charge >= 0.3 is 0 Å². The fraction of sp³-hybridized carbons (Fsp3) is 0.750. The van der Waals surface area contributed by atoms with Crippen molar-refractivity contribution in [1.29, 1.82) is 0 Å². The minimum absolute atomic E-state index is 0.341. The van der Waals surface area contributed by atoms with Crippen LogP contribution in [0.4, 0.5) is 0 Å². The summed E-state index contributed by atoms with van der Waals surface area (Å²) in [5, 5.41) is 3.48. The molecule has 2 heteroatoms. The summed E-state index contributed by atoms with van der Waals surface area (Å²) in [6.07, 6.45) is 4.32. The van der Waals surface area contributed by atoms with Crippen LogP contribution < -0.4 is 5.32 Å². The molecular weight excluding hydrogens is 142 g/mol. The molecule has 10 heavy (non-hydrogen) atoms. The van der Waals surface area contributed by atoms with Crippen LogP contribution in [0.1, 0.15) is 19.8 Å². The zero-order valence-electron chi connectivity index (χ0n) is 6.52. The number of hydrogen-bond donors (Lipinski definition) is 1. The van der Waals surface area contributed by atoms with Crippen molar-refractivity contribution in [1.82, 2.24) is 5.32 Å². The molecule has 0 saturated carbocycles. The van der Waals surface area contributed by atoms with Gasteiger partial charge in [-0.1, -0.05) is 6.08 Å². The second kappa shape index (κ2) is 3.44. The Morgan fingerprint density at radius 3 is 3.10 bits per heavy atom. The molecule has 1 aliphatic rings. The molecule has 1 atom stereocenters. The number of nitrogens with one attached hydrogen (secondary N) is 1. The number of hydrogen-bond acceptors (Lipinski definition) is 2. The van der Waals surface area contributed by atoms with E-state index in [4.69, 9.17) is 0 Å². The molecular formula is C8H15NS. The average molecular weight is 157 g/mol. The van der Waals surface area contributed by atoms with Crippen molar-refractivity contribution < 1.29 is 0 Å². The Morgan fingerprint density at radius 1 is 1.80 bits per heavy atom. The minimum atomic E-state index is 0.341. The smallest absolute Gasteiger partial charge is 0.0620 e. The highest BCUT2D eigenvalue weighted by Crippen LogP contribution is 2.30. The predicted octanol–water partition coefficient (Wildman–Crippen LogP) is 2.01. The Kier molecular flexibility index (Phi) is 2.81. The normalized spacial score (nSPS) is 32.5. The molecule has 0 aromatic rings. The molecule has 1 rings (SSSR count). The van der Waals surface area contributed by atoms with E-state index < -0.39 is 0 Å². The molecule has 1 saturated heterocycles. The van der Waals surface area contributed by atoms with Gasteiger partial charge in [0, 0.05) is 12.3 Å². The molecule has 0 bridgehead atoms. The fourth-order valence-corrected chi connectivity index (χ4v) is 2.30. The van der Waals surface area contributed by atoms with Crippen LogP contribution in [-0.2, 0) is 0 Å². The molecule has 1 heterocycles. The van der Waals surface area contributed by atoms with Gasteiger partial charge in [0.25, 0.3) is 0 Å². The van der Waals surface area contributed by atoms with Gasteiger partial charge in [-0.25, -0.2) is 0 Å². The maximum absolute atomic E-state index is 3.72. The summed E-state index contributed by atoms with van der Waals surface area (Å²) in [4.78, 5) is 0.341. The van der Waals surface area contributed by atoms with Crippen LogP contribution in [0.2, 0.25) is 0 Å². The Bertz CT molecular complexity index is 116. The lowest BCUT2D eigenvalue weighted by Gasteiger charge is -2.22. The zero-order chi connectivity index (χ0) is 7.45. The molecule has 0 amide bonds. The van der Waals surface area contributed by atoms with E-state index in [1.54, 1.807) is 0 Å². The van der Waals surface area contributed by atoms with Crippen molar-refractivity contribution in [2.24, 2.45) is 0 Å². The SMILES string of the molecule is C=CCCC1(C)NCCS1. The zero-order valence-corrected chi connectivity index (χ0v) is 7.34. The Hall–Kier alpha value is 0.0500. The van der Waals surface area contributed by atoms with Crippen molar-refractivity contribution in [2.45, 2.75) is 24.6 Å². The van der Waals surface area contributed by atoms with Gasteiger partial charge in [-0.15, -0.1) is 18.3 Å². The van der Waals surface area contributed by atoms with Crippen LogP contribution in [0, 0.1) is 0 Å². The van der Waals surface area contributed by atoms with Crippen LogP contribution in [0.15, 0.2) is 12.7 Å². The molecule has 0 aromatic heterocycles. The quantitative estimate of drug-likeness (QED) is 0.629. The Morgan fingerprint density at radius 2 is 2.60 bits per heavy atom. The third-order valence-corrected chi connectivity index (χ3v) is 3.24. The molecule has 0 radical (unpaired) electrons. The lowest BCUT2D eigenvalue weighted by molar-refractivity contribution is 0.511. The van der Waals surface area contributed by atoms with Crippen LogP contribution >= 0.6 is 11.8 Å². The largest absolute Gasteiger partial charge is 0.302 e. The molecule has 0 aliphatic carbocycles. The molecule has 1 aliphatic heterocycles. The van der Waals surface area contributed by atoms with Crippen molar-refractivity contribution in [3.8, 4) is 0 Å². The summed E-state index contributed by atoms with van der Waals surface area (Å²) < 4.78 is 0. The maximum Gasteiger partial charge on any atom is 0.0620 e. The van der Waals surface area contributed by atoms with Crippen LogP contribution in [0.3, 0.4) is 0 Å². The van der Waals surface area contributed by atoms with Gasteiger partial charge in [0.2, 0.25) is 0 Å². The molecule has 1 unspecified atom stereocenters. The van der Waals surface area contributed by atoms with Crippen LogP contribution in [0.5, 0.6) is 0 Å². The molecule has 0 aromatic carbocycles. The standard InChI is InChI=1S/C8H15NS/c1-3-4-5-8(2)9-6-7-10-8/h3,9H,1,4-7H2,2H3. The minimum Gasteiger partial charge on any atom is -0.302 e. The second-order valence-corrected chi connectivity index (χ2v) is 4.43. The predicted molar refractivity (Wildman–Crippen MR) is 48.3 cm³/mol. The third kappa shape index (κ3) is 2.03. The Balaban J connectivity index is 2.28. The molecule has 1 fully saturated rings. The fourth-order valence-electron chi connectivity index (χ4n) is 1.18. The summed E-state index contributed by atoms with van der Waals surface area (Å²) in [7, 11) is 0. The summed E-state index contributed by atoms with van der Waals surface area (Å²) >= 11 is 2.03. The van der Waals surface area contributed by atoms with Crippen molar-refractivity contribution in [3.63, 3.8) is 0 Å². The van der Waals surface area contributed by atoms with Gasteiger partial charge in [-0.2, -0.15) is 0 Å². The highest BCUT2D eigenvalue weighted by atomic mass is 32.2. The van der Waals surface area contributed by atoms with Gasteiger partial charge in [-0.05, 0) is 19.8 Å². The first-order valence-corrected chi connectivity index (χ1v) is 4.75. The summed E-state index contributed by atoms with van der Waals surface area (Å²) in [5.74, 6) is 1.26. The number of rotatable bonds is 3. The van der Waals surface area contributed by atoms with Crippen molar-refractivity contribution in [2.75, 3.05) is 12.3 Å². The Labute approximate surface area is 67.3 Å². The van der Waals surface area contributed by atoms with E-state index in [0.29, 0.717) is 4.87 Å². The van der Waals surface area contributed by atoms with Crippen LogP contribution in [-0.4, -0.2) is 17.2 Å². The molecule has 1 N–H and O–H groups in total. The van der Waals surface area contributed by atoms with E-state index >= 15 is 0 Å². The lowest BCUT2D eigenvalue weighted by Crippen LogP contribution is -2.33. The third-order valence-electron chi connectivity index (χ3n) is 1.85. The molecule has 1 nitrogen and oxygen atoms in total. The van der Waals surface area contributed by atoms with Crippen LogP contribution in [0.25, 0.3) is 0 Å². The van der Waals surface area contributed by atoms with E-state index in [0.717, 1.165) is 13.0 Å². The van der Waals surface area contributed by atoms with Crippen molar-refractivity contribution >= 4 is 11.8 Å². The summed E-state index contributed by atoms with van der Waals surface area (Å²) in [6.45, 7) is 7.15. The highest BCUT2D eigenvalue weighted by Gasteiger charge is 2.27. The monoisotopic (exact) mass is 157 g/mol. The maximum atomic E-state index is 3.72. The number of thioether (sulfide) groups is 1. The highest BCUT2D eigenvalue weighted by molar-refractivity contribution is 8.00. The van der Waals surface area contributed by atoms with E-state index in [-0.39, 0.29) is 0 Å². The van der Waals surface area contributed by atoms with E-state index in [1.807, 2.05) is 17.8 Å². The van der Waals surface area contributed by atoms with Gasteiger partial charge < -0.3 is 5.32 Å². The van der Waals surface area contributed by atoms with Gasteiger partial charge in [0.1, 0.15) is 0 Å². The van der Waals surface area contributed by atoms with Gasteiger partial charge in [-0.3, -0.25) is 0 Å². The van der Waals surface area contributed by atoms with E-state index in [2.05, 4.69) is 18.8 Å².